The van der Waals surface area contributed by atoms with E-state index in [9.17, 15) is 23.9 Å². The van der Waals surface area contributed by atoms with Crippen LogP contribution in [0, 0.1) is 17.0 Å². The molecule has 4 aromatic rings. The number of carboxylic acids is 2. The molecule has 15 nitrogen and oxygen atoms in total. The van der Waals surface area contributed by atoms with E-state index in [1.54, 1.807) is 6.07 Å². The quantitative estimate of drug-likeness (QED) is 0.140. The molecule has 7 rings (SSSR count). The summed E-state index contributed by atoms with van der Waals surface area (Å²) >= 11 is 0. The molecule has 2 aromatic carbocycles. The number of aliphatic hydroxyl groups is 2. The number of nitrogens with zero attached hydrogens (tertiary/aromatic N) is 4. The summed E-state index contributed by atoms with van der Waals surface area (Å²) in [5.74, 6) is -4.71. The number of hydrogen-bond donors (Lipinski definition) is 7. The Bertz CT molecular complexity index is 1930. The van der Waals surface area contributed by atoms with Gasteiger partial charge in [0, 0.05) is 38.1 Å². The van der Waals surface area contributed by atoms with Gasteiger partial charge in [-0.2, -0.15) is 5.10 Å². The van der Waals surface area contributed by atoms with Crippen molar-refractivity contribution in [2.24, 2.45) is 5.41 Å². The number of carbonyl (C=O) groups is 3. The van der Waals surface area contributed by atoms with Gasteiger partial charge in [0.25, 0.3) is 0 Å². The number of halogens is 2. The Morgan fingerprint density at radius 3 is 2.42 bits per heavy atom. The second-order valence-electron chi connectivity index (χ2n) is 12.9. The molecule has 2 fully saturated rings. The van der Waals surface area contributed by atoms with Crippen LogP contribution < -0.4 is 0 Å². The number of carboxylic acid groups (broad SMARTS) is 2. The number of carbonyl (C=O) groups excluding carboxylic acids is 1. The van der Waals surface area contributed by atoms with Gasteiger partial charge in [-0.05, 0) is 53.8 Å². The van der Waals surface area contributed by atoms with Gasteiger partial charge in [-0.15, -0.1) is 0 Å². The van der Waals surface area contributed by atoms with Crippen LogP contribution in [-0.4, -0.2) is 125 Å². The van der Waals surface area contributed by atoms with E-state index in [1.807, 2.05) is 11.8 Å². The Kier molecular flexibility index (Phi) is 9.58. The topological polar surface area (TPSA) is 225 Å². The summed E-state index contributed by atoms with van der Waals surface area (Å²) in [6, 6.07) is 5.67. The molecule has 0 bridgehead atoms. The molecular weight excluding hydrogens is 662 g/mol. The molecule has 3 aliphatic heterocycles. The molecule has 2 aromatic heterocycles. The first-order chi connectivity index (χ1) is 23.8. The lowest BCUT2D eigenvalue weighted by Gasteiger charge is -2.47. The smallest absolute Gasteiger partial charge is 0.335 e. The Morgan fingerprint density at radius 2 is 1.78 bits per heavy atom. The maximum absolute atomic E-state index is 15.5. The largest absolute Gasteiger partial charge is 0.505 e. The highest BCUT2D eigenvalue weighted by molar-refractivity contribution is 5.95. The number of aromatic hydroxyl groups is 1. The van der Waals surface area contributed by atoms with E-state index in [0.717, 1.165) is 44.1 Å². The Labute approximate surface area is 283 Å². The summed E-state index contributed by atoms with van der Waals surface area (Å²) < 4.78 is 35.2. The zero-order valence-corrected chi connectivity index (χ0v) is 26.9. The number of aryl methyl sites for hydroxylation is 1. The Morgan fingerprint density at radius 1 is 1.06 bits per heavy atom. The molecule has 2 unspecified atom stereocenters. The number of H-pyrrole nitrogens is 2. The number of phenolic OH excluding ortho intramolecular Hbond substituents is 1. The van der Waals surface area contributed by atoms with E-state index >= 15 is 4.39 Å². The van der Waals surface area contributed by atoms with E-state index in [4.69, 9.17) is 30.1 Å². The first kappa shape index (κ1) is 34.9. The van der Waals surface area contributed by atoms with Gasteiger partial charge >= 0.3 is 11.9 Å². The van der Waals surface area contributed by atoms with E-state index in [1.165, 1.54) is 18.2 Å². The zero-order chi connectivity index (χ0) is 35.9. The molecule has 7 N–H and O–H groups in total. The van der Waals surface area contributed by atoms with Gasteiger partial charge < -0.3 is 40.2 Å². The highest BCUT2D eigenvalue weighted by atomic mass is 19.1. The summed E-state index contributed by atoms with van der Waals surface area (Å²) in [5.41, 5.74) is 4.43. The second-order valence-corrected chi connectivity index (χ2v) is 12.9. The number of aromatic amines is 2. The molecule has 2 saturated heterocycles. The minimum atomic E-state index is -2.27. The first-order valence-electron chi connectivity index (χ1n) is 16.0. The van der Waals surface area contributed by atoms with Crippen LogP contribution in [0.25, 0.3) is 33.5 Å². The summed E-state index contributed by atoms with van der Waals surface area (Å²) in [7, 11) is 0. The predicted octanol–water partition coefficient (Wildman–Crippen LogP) is 1.65. The number of aromatic nitrogens is 4. The molecule has 2 atom stereocenters. The standard InChI is InChI=1S/C29H30F2N6O3.C4H6O6/c1-2-16-9-24(38)19(30)10-18(16)17-7-20(31)26-22(8-17)34-35-27(26)28-32-21-3-5-37(11-23(21)33-28)25(39)12-36-13-29(14-36)4-6-40-15-29;5-1(3(7)8)2(6)4(9)10/h7-10,38H,2-6,11-15H2,1H3,(H,32,33)(H,34,35);1-2,5-6H,(H,7,8)(H,9,10). The number of phenols is 1. The van der Waals surface area contributed by atoms with Gasteiger partial charge in [-0.3, -0.25) is 14.8 Å². The number of aliphatic carboxylic acids is 2. The normalized spacial score (nSPS) is 17.9. The number of amides is 1. The average Bonchev–Trinajstić information content (AvgIpc) is 3.83. The minimum Gasteiger partial charge on any atom is -0.505 e. The maximum atomic E-state index is 15.5. The number of nitrogens with one attached hydrogen (secondary N) is 2. The predicted molar refractivity (Wildman–Crippen MR) is 171 cm³/mol. The van der Waals surface area contributed by atoms with E-state index in [-0.39, 0.29) is 16.7 Å². The van der Waals surface area contributed by atoms with Crippen LogP contribution in [0.2, 0.25) is 0 Å². The summed E-state index contributed by atoms with van der Waals surface area (Å²) in [5, 5.41) is 49.8. The Balaban J connectivity index is 0.000000379. The van der Waals surface area contributed by atoms with Gasteiger partial charge in [0.05, 0.1) is 42.0 Å². The van der Waals surface area contributed by atoms with Crippen molar-refractivity contribution in [1.29, 1.82) is 0 Å². The number of likely N-dealkylation sites (tertiary alicyclic amines) is 1. The van der Waals surface area contributed by atoms with Gasteiger partial charge in [-0.1, -0.05) is 6.92 Å². The van der Waals surface area contributed by atoms with Crippen molar-refractivity contribution in [2.45, 2.75) is 44.9 Å². The van der Waals surface area contributed by atoms with Gasteiger partial charge in [0.2, 0.25) is 5.91 Å². The Hall–Kier alpha value is -4.97. The average molecular weight is 699 g/mol. The summed E-state index contributed by atoms with van der Waals surface area (Å²) in [4.78, 5) is 44.6. The lowest BCUT2D eigenvalue weighted by atomic mass is 9.79. The SMILES string of the molecule is CCc1cc(O)c(F)cc1-c1cc(F)c2c(-c3nc4c([nH]3)CN(C(=O)CN3CC5(CCOC5)C3)CC4)n[nH]c2c1.O=C(O)C(O)C(O)C(=O)O. The fourth-order valence-electron chi connectivity index (χ4n) is 6.69. The highest BCUT2D eigenvalue weighted by Crippen LogP contribution is 2.38. The molecule has 266 valence electrons. The molecule has 1 spiro atoms. The van der Waals surface area contributed by atoms with Crippen molar-refractivity contribution in [3.05, 3.63) is 52.9 Å². The van der Waals surface area contributed by atoms with Crippen LogP contribution in [0.15, 0.2) is 24.3 Å². The fourth-order valence-corrected chi connectivity index (χ4v) is 6.69. The molecule has 0 aliphatic carbocycles. The third kappa shape index (κ3) is 6.76. The van der Waals surface area contributed by atoms with E-state index in [0.29, 0.717) is 66.2 Å². The maximum Gasteiger partial charge on any atom is 0.335 e. The number of fused-ring (bicyclic) bond motifs is 2. The van der Waals surface area contributed by atoms with Crippen molar-refractivity contribution in [2.75, 3.05) is 39.4 Å². The minimum absolute atomic E-state index is 0.0940. The van der Waals surface area contributed by atoms with Gasteiger partial charge in [0.1, 0.15) is 11.5 Å². The molecule has 0 saturated carbocycles. The number of rotatable bonds is 8. The van der Waals surface area contributed by atoms with Crippen LogP contribution >= 0.6 is 0 Å². The number of hydrogen-bond acceptors (Lipinski definition) is 10. The summed E-state index contributed by atoms with van der Waals surface area (Å²) in [6.45, 7) is 6.72. The molecular formula is C33H36F2N6O9. The second kappa shape index (κ2) is 13.7. The number of aliphatic hydroxyl groups excluding tert-OH is 2. The van der Waals surface area contributed by atoms with Crippen molar-refractivity contribution in [3.8, 4) is 28.4 Å². The fraction of sp³-hybridized carbons (Fsp3) is 0.424. The summed E-state index contributed by atoms with van der Waals surface area (Å²) in [6.07, 6.45) is -2.31. The third-order valence-corrected chi connectivity index (χ3v) is 9.36. The third-order valence-electron chi connectivity index (χ3n) is 9.36. The highest BCUT2D eigenvalue weighted by Gasteiger charge is 2.46. The van der Waals surface area contributed by atoms with Crippen molar-refractivity contribution in [3.63, 3.8) is 0 Å². The number of ether oxygens (including phenoxy) is 1. The molecule has 3 aliphatic rings. The van der Waals surface area contributed by atoms with Crippen molar-refractivity contribution >= 4 is 28.7 Å². The number of imidazole rings is 1. The first-order valence-corrected chi connectivity index (χ1v) is 16.0. The molecule has 5 heterocycles. The van der Waals surface area contributed by atoms with Crippen LogP contribution in [0.3, 0.4) is 0 Å². The van der Waals surface area contributed by atoms with Crippen LogP contribution in [0.1, 0.15) is 30.3 Å². The number of benzene rings is 2. The zero-order valence-electron chi connectivity index (χ0n) is 26.9. The van der Waals surface area contributed by atoms with Crippen molar-refractivity contribution in [1.82, 2.24) is 30.0 Å². The van der Waals surface area contributed by atoms with Crippen LogP contribution in [0.5, 0.6) is 5.75 Å². The van der Waals surface area contributed by atoms with Gasteiger partial charge in [-0.25, -0.2) is 23.4 Å². The van der Waals surface area contributed by atoms with Crippen LogP contribution in [0.4, 0.5) is 8.78 Å². The molecule has 50 heavy (non-hydrogen) atoms. The van der Waals surface area contributed by atoms with Crippen molar-refractivity contribution < 1.29 is 53.4 Å². The molecule has 0 radical (unpaired) electrons. The lowest BCUT2D eigenvalue weighted by Crippen LogP contribution is -2.59. The van der Waals surface area contributed by atoms with E-state index < -0.39 is 41.5 Å². The molecule has 17 heteroatoms. The van der Waals surface area contributed by atoms with Crippen LogP contribution in [-0.2, 0) is 38.5 Å². The van der Waals surface area contributed by atoms with E-state index in [2.05, 4.69) is 20.1 Å². The van der Waals surface area contributed by atoms with Gasteiger partial charge in [0.15, 0.2) is 29.6 Å². The lowest BCUT2D eigenvalue weighted by molar-refractivity contribution is -0.165. The molecule has 1 amide bonds. The monoisotopic (exact) mass is 698 g/mol.